The summed E-state index contributed by atoms with van der Waals surface area (Å²) in [6, 6.07) is 8.47. The molecule has 0 aromatic heterocycles. The van der Waals surface area contributed by atoms with Crippen molar-refractivity contribution in [1.29, 1.82) is 0 Å². The van der Waals surface area contributed by atoms with E-state index in [1.165, 1.54) is 11.1 Å². The van der Waals surface area contributed by atoms with Crippen LogP contribution in [0.25, 0.3) is 6.08 Å². The van der Waals surface area contributed by atoms with Gasteiger partial charge in [-0.05, 0) is 73.5 Å². The first-order valence-electron chi connectivity index (χ1n) is 11.2. The summed E-state index contributed by atoms with van der Waals surface area (Å²) in [4.78, 5) is 25.2. The normalized spacial score (nSPS) is 36.4. The average Bonchev–Trinajstić information content (AvgIpc) is 3.04. The number of hydrogen-bond donors (Lipinski definition) is 1. The SMILES string of the molecule is C=Cc1ccc(C[C@]23CCC4=C5CCC(=O)C[C@]5(O)CC[C@H]4[C@@H]2CCC3=O)cc1. The van der Waals surface area contributed by atoms with Gasteiger partial charge in [0.15, 0.2) is 0 Å². The Labute approximate surface area is 172 Å². The van der Waals surface area contributed by atoms with E-state index < -0.39 is 5.60 Å². The summed E-state index contributed by atoms with van der Waals surface area (Å²) in [7, 11) is 0. The molecule has 4 aliphatic carbocycles. The molecule has 4 aliphatic rings. The summed E-state index contributed by atoms with van der Waals surface area (Å²) in [5, 5.41) is 11.2. The molecule has 0 heterocycles. The Bertz CT molecular complexity index is 908. The highest BCUT2D eigenvalue weighted by molar-refractivity contribution is 5.88. The predicted molar refractivity (Wildman–Crippen MR) is 113 cm³/mol. The molecule has 152 valence electrons. The number of ketones is 2. The molecule has 1 aromatic rings. The highest BCUT2D eigenvalue weighted by Crippen LogP contribution is 2.60. The zero-order valence-electron chi connectivity index (χ0n) is 17.1. The van der Waals surface area contributed by atoms with Gasteiger partial charge in [0.25, 0.3) is 0 Å². The van der Waals surface area contributed by atoms with Crippen LogP contribution >= 0.6 is 0 Å². The van der Waals surface area contributed by atoms with Gasteiger partial charge < -0.3 is 5.11 Å². The van der Waals surface area contributed by atoms with Crippen LogP contribution < -0.4 is 0 Å². The predicted octanol–water partition coefficient (Wildman–Crippen LogP) is 4.82. The summed E-state index contributed by atoms with van der Waals surface area (Å²) in [6.45, 7) is 3.83. The molecule has 0 saturated heterocycles. The lowest BCUT2D eigenvalue weighted by molar-refractivity contribution is -0.129. The number of rotatable bonds is 3. The van der Waals surface area contributed by atoms with Crippen LogP contribution in [0.5, 0.6) is 0 Å². The Kier molecular flexibility index (Phi) is 4.43. The van der Waals surface area contributed by atoms with E-state index in [0.717, 1.165) is 49.7 Å². The van der Waals surface area contributed by atoms with Crippen LogP contribution in [0.15, 0.2) is 42.0 Å². The van der Waals surface area contributed by atoms with Crippen molar-refractivity contribution in [2.75, 3.05) is 0 Å². The van der Waals surface area contributed by atoms with Crippen LogP contribution in [0, 0.1) is 17.3 Å². The van der Waals surface area contributed by atoms with E-state index in [2.05, 4.69) is 30.8 Å². The number of carbonyl (C=O) groups excluding carboxylic acids is 2. The van der Waals surface area contributed by atoms with Crippen molar-refractivity contribution in [1.82, 2.24) is 0 Å². The molecule has 1 aromatic carbocycles. The highest BCUT2D eigenvalue weighted by Gasteiger charge is 2.57. The molecule has 0 spiro atoms. The number of carbonyl (C=O) groups is 2. The number of hydrogen-bond acceptors (Lipinski definition) is 3. The van der Waals surface area contributed by atoms with Gasteiger partial charge in [-0.25, -0.2) is 0 Å². The molecule has 0 amide bonds. The van der Waals surface area contributed by atoms with E-state index in [-0.39, 0.29) is 11.2 Å². The van der Waals surface area contributed by atoms with Gasteiger partial charge >= 0.3 is 0 Å². The lowest BCUT2D eigenvalue weighted by Crippen LogP contribution is -2.49. The van der Waals surface area contributed by atoms with Gasteiger partial charge in [-0.15, -0.1) is 0 Å². The number of fused-ring (bicyclic) bond motifs is 4. The number of benzene rings is 1. The van der Waals surface area contributed by atoms with Crippen molar-refractivity contribution in [3.63, 3.8) is 0 Å². The molecule has 0 aliphatic heterocycles. The van der Waals surface area contributed by atoms with Crippen molar-refractivity contribution in [2.45, 2.75) is 69.8 Å². The molecule has 3 saturated carbocycles. The molecule has 4 atom stereocenters. The third kappa shape index (κ3) is 2.89. The molecule has 5 rings (SSSR count). The molecule has 0 bridgehead atoms. The Morgan fingerprint density at radius 1 is 1.03 bits per heavy atom. The topological polar surface area (TPSA) is 54.4 Å². The zero-order chi connectivity index (χ0) is 20.2. The van der Waals surface area contributed by atoms with Gasteiger partial charge in [-0.1, -0.05) is 42.5 Å². The summed E-state index contributed by atoms with van der Waals surface area (Å²) < 4.78 is 0. The van der Waals surface area contributed by atoms with Crippen molar-refractivity contribution in [3.05, 3.63) is 53.1 Å². The van der Waals surface area contributed by atoms with Gasteiger partial charge in [-0.2, -0.15) is 0 Å². The van der Waals surface area contributed by atoms with Crippen LogP contribution in [0.4, 0.5) is 0 Å². The Balaban J connectivity index is 1.49. The first-order chi connectivity index (χ1) is 13.9. The van der Waals surface area contributed by atoms with Crippen LogP contribution in [-0.4, -0.2) is 22.3 Å². The maximum atomic E-state index is 13.2. The lowest BCUT2D eigenvalue weighted by Gasteiger charge is -2.51. The fourth-order valence-electron chi connectivity index (χ4n) is 7.03. The van der Waals surface area contributed by atoms with E-state index in [1.54, 1.807) is 0 Å². The third-order valence-electron chi connectivity index (χ3n) is 8.42. The van der Waals surface area contributed by atoms with E-state index in [4.69, 9.17) is 0 Å². The molecule has 0 unspecified atom stereocenters. The second-order valence-corrected chi connectivity index (χ2v) is 9.74. The summed E-state index contributed by atoms with van der Waals surface area (Å²) in [5.41, 5.74) is 3.77. The number of aliphatic hydroxyl groups is 1. The summed E-state index contributed by atoms with van der Waals surface area (Å²) >= 11 is 0. The molecule has 3 nitrogen and oxygen atoms in total. The zero-order valence-corrected chi connectivity index (χ0v) is 17.1. The van der Waals surface area contributed by atoms with E-state index >= 15 is 0 Å². The molecular weight excluding hydrogens is 360 g/mol. The highest BCUT2D eigenvalue weighted by atomic mass is 16.3. The van der Waals surface area contributed by atoms with Crippen LogP contribution in [-0.2, 0) is 16.0 Å². The number of Topliss-reactive ketones (excluding diaryl/α,β-unsaturated/α-hetero) is 2. The molecule has 3 heteroatoms. The van der Waals surface area contributed by atoms with Crippen molar-refractivity contribution in [3.8, 4) is 0 Å². The monoisotopic (exact) mass is 390 g/mol. The quantitative estimate of drug-likeness (QED) is 0.753. The molecule has 0 radical (unpaired) electrons. The van der Waals surface area contributed by atoms with Gasteiger partial charge in [-0.3, -0.25) is 9.59 Å². The Morgan fingerprint density at radius 2 is 1.83 bits per heavy atom. The smallest absolute Gasteiger partial charge is 0.139 e. The fourth-order valence-corrected chi connectivity index (χ4v) is 7.03. The fraction of sp³-hybridized carbons (Fsp3) is 0.538. The first-order valence-corrected chi connectivity index (χ1v) is 11.2. The minimum atomic E-state index is -0.899. The standard InChI is InChI=1S/C26H30O3/c1-2-17-3-5-18(6-4-17)15-25-13-11-21-20(22(25)9-10-24(25)28)12-14-26(29)16-19(27)7-8-23(21)26/h2-6,20,22,29H,1,7-16H2/t20-,22+,25-,26-/m1/s1. The van der Waals surface area contributed by atoms with Gasteiger partial charge in [0.05, 0.1) is 5.60 Å². The first kappa shape index (κ1) is 19.0. The molecular formula is C26H30O3. The lowest BCUT2D eigenvalue weighted by atomic mass is 9.54. The minimum absolute atomic E-state index is 0.194. The summed E-state index contributed by atoms with van der Waals surface area (Å²) in [5.74, 6) is 1.43. The Morgan fingerprint density at radius 3 is 2.59 bits per heavy atom. The van der Waals surface area contributed by atoms with Crippen LogP contribution in [0.1, 0.15) is 68.9 Å². The number of allylic oxidation sites excluding steroid dienone is 1. The van der Waals surface area contributed by atoms with Crippen molar-refractivity contribution < 1.29 is 14.7 Å². The van der Waals surface area contributed by atoms with Crippen LogP contribution in [0.3, 0.4) is 0 Å². The Hall–Kier alpha value is -2.00. The van der Waals surface area contributed by atoms with Crippen LogP contribution in [0.2, 0.25) is 0 Å². The molecule has 1 N–H and O–H groups in total. The minimum Gasteiger partial charge on any atom is -0.385 e. The van der Waals surface area contributed by atoms with E-state index in [1.807, 2.05) is 6.08 Å². The van der Waals surface area contributed by atoms with E-state index in [9.17, 15) is 14.7 Å². The maximum absolute atomic E-state index is 13.2. The maximum Gasteiger partial charge on any atom is 0.139 e. The second-order valence-electron chi connectivity index (χ2n) is 9.74. The largest absolute Gasteiger partial charge is 0.385 e. The van der Waals surface area contributed by atoms with E-state index in [0.29, 0.717) is 43.3 Å². The average molecular weight is 391 g/mol. The molecule has 29 heavy (non-hydrogen) atoms. The van der Waals surface area contributed by atoms with Crippen molar-refractivity contribution >= 4 is 17.6 Å². The third-order valence-corrected chi connectivity index (χ3v) is 8.42. The van der Waals surface area contributed by atoms with Gasteiger partial charge in [0.1, 0.15) is 11.6 Å². The summed E-state index contributed by atoms with van der Waals surface area (Å²) in [6.07, 6.45) is 9.31. The van der Waals surface area contributed by atoms with Crippen molar-refractivity contribution in [2.24, 2.45) is 17.3 Å². The van der Waals surface area contributed by atoms with Gasteiger partial charge in [0.2, 0.25) is 0 Å². The molecule has 3 fully saturated rings. The second kappa shape index (κ2) is 6.77. The van der Waals surface area contributed by atoms with Gasteiger partial charge in [0, 0.05) is 24.7 Å².